The third-order valence-corrected chi connectivity index (χ3v) is 3.46. The molecule has 0 aliphatic heterocycles. The predicted octanol–water partition coefficient (Wildman–Crippen LogP) is 1.82. The zero-order valence-corrected chi connectivity index (χ0v) is 12.7. The number of carbonyl (C=O) groups excluding carboxylic acids is 1. The molecule has 0 saturated heterocycles. The van der Waals surface area contributed by atoms with Gasteiger partial charge in [0, 0.05) is 17.4 Å². The molecule has 23 heavy (non-hydrogen) atoms. The highest BCUT2D eigenvalue weighted by atomic mass is 16.1. The maximum Gasteiger partial charge on any atom is 0.257 e. The van der Waals surface area contributed by atoms with Crippen molar-refractivity contribution in [3.63, 3.8) is 0 Å². The van der Waals surface area contributed by atoms with Crippen molar-refractivity contribution < 1.29 is 4.79 Å². The van der Waals surface area contributed by atoms with Crippen LogP contribution in [-0.2, 0) is 0 Å². The van der Waals surface area contributed by atoms with Crippen molar-refractivity contribution in [2.75, 3.05) is 5.32 Å². The molecule has 0 aliphatic rings. The van der Waals surface area contributed by atoms with Crippen LogP contribution in [0.15, 0.2) is 47.5 Å². The van der Waals surface area contributed by atoms with Crippen molar-refractivity contribution in [3.05, 3.63) is 70.2 Å². The molecular weight excluding hydrogens is 294 g/mol. The summed E-state index contributed by atoms with van der Waals surface area (Å²) in [5.41, 5.74) is 2.22. The number of nitrogens with one attached hydrogen (secondary N) is 2. The fourth-order valence-electron chi connectivity index (χ4n) is 2.30. The molecule has 7 nitrogen and oxygen atoms in total. The Bertz CT molecular complexity index is 926. The molecule has 0 fully saturated rings. The van der Waals surface area contributed by atoms with Gasteiger partial charge >= 0.3 is 0 Å². The average Bonchev–Trinajstić information content (AvgIpc) is 2.93. The van der Waals surface area contributed by atoms with Crippen molar-refractivity contribution >= 4 is 11.6 Å². The molecule has 1 amide bonds. The molecule has 0 radical (unpaired) electrons. The van der Waals surface area contributed by atoms with Crippen LogP contribution in [-0.4, -0.2) is 25.7 Å². The van der Waals surface area contributed by atoms with Gasteiger partial charge in [-0.05, 0) is 38.1 Å². The Hall–Kier alpha value is -3.22. The maximum absolute atomic E-state index is 12.3. The molecule has 116 valence electrons. The molecule has 0 spiro atoms. The molecule has 2 aromatic heterocycles. The van der Waals surface area contributed by atoms with Crippen LogP contribution in [0.2, 0.25) is 0 Å². The minimum atomic E-state index is -0.281. The number of benzene rings is 1. The van der Waals surface area contributed by atoms with E-state index in [1.165, 1.54) is 12.1 Å². The third kappa shape index (κ3) is 3.03. The van der Waals surface area contributed by atoms with E-state index < -0.39 is 0 Å². The molecule has 3 rings (SSSR count). The van der Waals surface area contributed by atoms with Crippen LogP contribution in [0.4, 0.5) is 5.69 Å². The Kier molecular flexibility index (Phi) is 3.76. The second-order valence-electron chi connectivity index (χ2n) is 5.11. The van der Waals surface area contributed by atoms with E-state index >= 15 is 0 Å². The number of aromatic amines is 1. The van der Waals surface area contributed by atoms with Gasteiger partial charge in [0.2, 0.25) is 5.56 Å². The number of aromatic nitrogens is 4. The van der Waals surface area contributed by atoms with Crippen molar-refractivity contribution in [3.8, 4) is 5.69 Å². The van der Waals surface area contributed by atoms with Crippen LogP contribution in [0.3, 0.4) is 0 Å². The lowest BCUT2D eigenvalue weighted by Crippen LogP contribution is -2.17. The van der Waals surface area contributed by atoms with Gasteiger partial charge in [-0.2, -0.15) is 0 Å². The Balaban J connectivity index is 1.87. The molecular formula is C16H15N5O2. The molecule has 0 aliphatic carbocycles. The first-order valence-electron chi connectivity index (χ1n) is 7.03. The zero-order valence-electron chi connectivity index (χ0n) is 12.7. The summed E-state index contributed by atoms with van der Waals surface area (Å²) in [6.45, 7) is 3.54. The number of H-pyrrole nitrogens is 1. The fourth-order valence-corrected chi connectivity index (χ4v) is 2.30. The van der Waals surface area contributed by atoms with Gasteiger partial charge < -0.3 is 10.3 Å². The topological polar surface area (TPSA) is 92.7 Å². The van der Waals surface area contributed by atoms with Gasteiger partial charge in [0.25, 0.3) is 5.91 Å². The fraction of sp³-hybridized carbons (Fsp3) is 0.125. The normalized spacial score (nSPS) is 10.5. The first kappa shape index (κ1) is 14.7. The number of nitrogens with zero attached hydrogens (tertiary/aromatic N) is 3. The van der Waals surface area contributed by atoms with Crippen molar-refractivity contribution in [2.45, 2.75) is 13.8 Å². The summed E-state index contributed by atoms with van der Waals surface area (Å²) in [5.74, 6) is 0.473. The van der Waals surface area contributed by atoms with Crippen LogP contribution in [0.5, 0.6) is 0 Å². The summed E-state index contributed by atoms with van der Waals surface area (Å²) < 4.78 is 1.82. The number of aryl methyl sites for hydroxylation is 2. The quantitative estimate of drug-likeness (QED) is 0.772. The molecule has 0 unspecified atom stereocenters. The summed E-state index contributed by atoms with van der Waals surface area (Å²) >= 11 is 0. The Morgan fingerprint density at radius 1 is 1.22 bits per heavy atom. The zero-order chi connectivity index (χ0) is 16.4. The number of anilines is 1. The molecule has 0 bridgehead atoms. The minimum Gasteiger partial charge on any atom is -0.326 e. The lowest BCUT2D eigenvalue weighted by molar-refractivity contribution is 0.102. The number of hydrogen-bond acceptors (Lipinski definition) is 4. The summed E-state index contributed by atoms with van der Waals surface area (Å²) in [6, 6.07) is 10.2. The molecule has 3 aromatic rings. The van der Waals surface area contributed by atoms with E-state index in [0.29, 0.717) is 16.9 Å². The van der Waals surface area contributed by atoms with E-state index in [1.807, 2.05) is 29.7 Å². The highest BCUT2D eigenvalue weighted by Crippen LogP contribution is 2.16. The molecule has 1 aromatic carbocycles. The van der Waals surface area contributed by atoms with Gasteiger partial charge in [-0.3, -0.25) is 14.2 Å². The summed E-state index contributed by atoms with van der Waals surface area (Å²) in [7, 11) is 0. The van der Waals surface area contributed by atoms with Gasteiger partial charge in [0.1, 0.15) is 12.2 Å². The van der Waals surface area contributed by atoms with E-state index in [0.717, 1.165) is 11.5 Å². The number of rotatable bonds is 3. The highest BCUT2D eigenvalue weighted by molar-refractivity contribution is 6.05. The third-order valence-electron chi connectivity index (χ3n) is 3.46. The smallest absolute Gasteiger partial charge is 0.257 e. The van der Waals surface area contributed by atoms with E-state index in [4.69, 9.17) is 0 Å². The first-order valence-corrected chi connectivity index (χ1v) is 7.03. The van der Waals surface area contributed by atoms with Gasteiger partial charge in [-0.1, -0.05) is 6.07 Å². The SMILES string of the molecule is Cc1[nH]c(=O)ccc1C(=O)Nc1cccc(-n2cnnc2C)c1. The van der Waals surface area contributed by atoms with Crippen LogP contribution >= 0.6 is 0 Å². The molecule has 0 saturated carbocycles. The van der Waals surface area contributed by atoms with E-state index in [2.05, 4.69) is 20.5 Å². The number of pyridine rings is 1. The largest absolute Gasteiger partial charge is 0.326 e. The number of carbonyl (C=O) groups is 1. The van der Waals surface area contributed by atoms with E-state index in [9.17, 15) is 9.59 Å². The monoisotopic (exact) mass is 309 g/mol. The molecule has 2 heterocycles. The van der Waals surface area contributed by atoms with E-state index in [-0.39, 0.29) is 11.5 Å². The van der Waals surface area contributed by atoms with E-state index in [1.54, 1.807) is 19.3 Å². The molecule has 2 N–H and O–H groups in total. The lowest BCUT2D eigenvalue weighted by Gasteiger charge is -2.09. The highest BCUT2D eigenvalue weighted by Gasteiger charge is 2.10. The van der Waals surface area contributed by atoms with Crippen molar-refractivity contribution in [1.29, 1.82) is 0 Å². The second-order valence-corrected chi connectivity index (χ2v) is 5.11. The Morgan fingerprint density at radius 2 is 2.04 bits per heavy atom. The first-order chi connectivity index (χ1) is 11.0. The summed E-state index contributed by atoms with van der Waals surface area (Å²) in [6.07, 6.45) is 1.61. The van der Waals surface area contributed by atoms with Gasteiger partial charge in [0.05, 0.1) is 11.3 Å². The van der Waals surface area contributed by atoms with Gasteiger partial charge in [-0.25, -0.2) is 0 Å². The van der Waals surface area contributed by atoms with Gasteiger partial charge in [-0.15, -0.1) is 10.2 Å². The molecule has 7 heteroatoms. The Morgan fingerprint density at radius 3 is 2.74 bits per heavy atom. The van der Waals surface area contributed by atoms with Crippen LogP contribution in [0.25, 0.3) is 5.69 Å². The van der Waals surface area contributed by atoms with Crippen LogP contribution in [0.1, 0.15) is 21.9 Å². The summed E-state index contributed by atoms with van der Waals surface area (Å²) in [4.78, 5) is 26.2. The average molecular weight is 309 g/mol. The number of amides is 1. The minimum absolute atomic E-state index is 0.232. The maximum atomic E-state index is 12.3. The van der Waals surface area contributed by atoms with Crippen molar-refractivity contribution in [2.24, 2.45) is 0 Å². The van der Waals surface area contributed by atoms with Gasteiger partial charge in [0.15, 0.2) is 0 Å². The Labute approximate surface area is 132 Å². The van der Waals surface area contributed by atoms with Crippen molar-refractivity contribution in [1.82, 2.24) is 19.7 Å². The lowest BCUT2D eigenvalue weighted by atomic mass is 10.2. The molecule has 0 atom stereocenters. The van der Waals surface area contributed by atoms with Crippen LogP contribution in [0, 0.1) is 13.8 Å². The number of hydrogen-bond donors (Lipinski definition) is 2. The second kappa shape index (κ2) is 5.88. The predicted molar refractivity (Wildman–Crippen MR) is 85.8 cm³/mol. The summed E-state index contributed by atoms with van der Waals surface area (Å²) in [5, 5.41) is 10.6. The van der Waals surface area contributed by atoms with Crippen LogP contribution < -0.4 is 10.9 Å². The standard InChI is InChI=1S/C16H15N5O2/c1-10-14(6-7-15(22)18-10)16(23)19-12-4-3-5-13(8-12)21-9-17-20-11(21)2/h3-9H,1-2H3,(H,18,22)(H,19,23).